The number of benzene rings is 3. The smallest absolute Gasteiger partial charge is 0.325 e. The molecular weight excluding hydrogens is 427 g/mol. The molecule has 0 aliphatic rings. The molecule has 9 heteroatoms. The largest absolute Gasteiger partial charge is 0.418 e. The number of nitrogens with one attached hydrogen (secondary N) is 3. The van der Waals surface area contributed by atoms with Gasteiger partial charge in [-0.15, -0.1) is 11.8 Å². The molecule has 0 fully saturated rings. The first-order chi connectivity index (χ1) is 14.8. The molecule has 5 nitrogen and oxygen atoms in total. The van der Waals surface area contributed by atoms with Gasteiger partial charge < -0.3 is 16.0 Å². The maximum atomic E-state index is 13.0. The molecule has 3 rings (SSSR count). The summed E-state index contributed by atoms with van der Waals surface area (Å²) in [4.78, 5) is 24.8. The minimum atomic E-state index is -4.55. The summed E-state index contributed by atoms with van der Waals surface area (Å²) in [7, 11) is 0. The van der Waals surface area contributed by atoms with Crippen molar-refractivity contribution in [2.24, 2.45) is 0 Å². The van der Waals surface area contributed by atoms with E-state index in [1.807, 2.05) is 6.07 Å². The van der Waals surface area contributed by atoms with Gasteiger partial charge in [0.15, 0.2) is 0 Å². The van der Waals surface area contributed by atoms with Crippen LogP contribution < -0.4 is 16.0 Å². The van der Waals surface area contributed by atoms with Gasteiger partial charge in [0.1, 0.15) is 0 Å². The molecule has 0 aliphatic carbocycles. The van der Waals surface area contributed by atoms with Crippen LogP contribution in [-0.4, -0.2) is 17.7 Å². The van der Waals surface area contributed by atoms with Crippen LogP contribution in [-0.2, 0) is 11.0 Å². The monoisotopic (exact) mass is 445 g/mol. The minimum Gasteiger partial charge on any atom is -0.325 e. The van der Waals surface area contributed by atoms with E-state index in [0.717, 1.165) is 11.0 Å². The lowest BCUT2D eigenvalue weighted by Crippen LogP contribution is -2.19. The predicted octanol–water partition coefficient (Wildman–Crippen LogP) is 6.08. The van der Waals surface area contributed by atoms with Gasteiger partial charge in [0.2, 0.25) is 5.91 Å². The van der Waals surface area contributed by atoms with Crippen molar-refractivity contribution in [1.82, 2.24) is 0 Å². The number of alkyl halides is 3. The third-order valence-electron chi connectivity index (χ3n) is 4.02. The van der Waals surface area contributed by atoms with Gasteiger partial charge in [0.25, 0.3) is 0 Å². The van der Waals surface area contributed by atoms with E-state index >= 15 is 0 Å². The van der Waals surface area contributed by atoms with Crippen LogP contribution in [0.1, 0.15) is 5.56 Å². The van der Waals surface area contributed by atoms with Crippen molar-refractivity contribution in [3.63, 3.8) is 0 Å². The Labute approximate surface area is 181 Å². The van der Waals surface area contributed by atoms with Crippen molar-refractivity contribution < 1.29 is 22.8 Å². The fourth-order valence-corrected chi connectivity index (χ4v) is 3.32. The molecule has 0 aromatic heterocycles. The lowest BCUT2D eigenvalue weighted by Gasteiger charge is -2.13. The lowest BCUT2D eigenvalue weighted by atomic mass is 10.1. The van der Waals surface area contributed by atoms with E-state index in [0.29, 0.717) is 11.4 Å². The molecule has 0 spiro atoms. The summed E-state index contributed by atoms with van der Waals surface area (Å²) in [5.74, 6) is -0.612. The summed E-state index contributed by atoms with van der Waals surface area (Å²) in [6.07, 6.45) is -4.55. The summed E-state index contributed by atoms with van der Waals surface area (Å²) in [6, 6.07) is 20.2. The molecule has 31 heavy (non-hydrogen) atoms. The highest BCUT2D eigenvalue weighted by Gasteiger charge is 2.33. The van der Waals surface area contributed by atoms with Gasteiger partial charge in [0.05, 0.1) is 17.0 Å². The number of thioether (sulfide) groups is 1. The van der Waals surface area contributed by atoms with E-state index in [9.17, 15) is 22.8 Å². The van der Waals surface area contributed by atoms with Crippen LogP contribution in [0, 0.1) is 0 Å². The summed E-state index contributed by atoms with van der Waals surface area (Å²) < 4.78 is 39.0. The van der Waals surface area contributed by atoms with Gasteiger partial charge >= 0.3 is 12.2 Å². The van der Waals surface area contributed by atoms with Gasteiger partial charge in [-0.05, 0) is 48.5 Å². The Bertz CT molecular complexity index is 1040. The van der Waals surface area contributed by atoms with Crippen LogP contribution in [0.5, 0.6) is 0 Å². The molecule has 0 aliphatic heterocycles. The van der Waals surface area contributed by atoms with E-state index in [1.54, 1.807) is 48.5 Å². The highest BCUT2D eigenvalue weighted by Crippen LogP contribution is 2.34. The van der Waals surface area contributed by atoms with E-state index in [-0.39, 0.29) is 11.4 Å². The molecular formula is C22H18F3N3O2S. The van der Waals surface area contributed by atoms with Gasteiger partial charge in [-0.3, -0.25) is 4.79 Å². The number of carbonyl (C=O) groups is 2. The standard InChI is InChI=1S/C22H18F3N3O2S/c23-22(24,25)18-8-4-5-9-19(18)28-20(29)14-31-17-12-10-16(11-13-17)27-21(30)26-15-6-2-1-3-7-15/h1-13H,14H2,(H,28,29)(H2,26,27,30). The van der Waals surface area contributed by atoms with E-state index in [1.165, 1.54) is 30.0 Å². The van der Waals surface area contributed by atoms with Crippen LogP contribution >= 0.6 is 11.8 Å². The fourth-order valence-electron chi connectivity index (χ4n) is 2.62. The molecule has 0 bridgehead atoms. The summed E-state index contributed by atoms with van der Waals surface area (Å²) in [6.45, 7) is 0. The Morgan fingerprint density at radius 3 is 1.97 bits per heavy atom. The number of hydrogen-bond donors (Lipinski definition) is 3. The van der Waals surface area contributed by atoms with Gasteiger partial charge in [-0.25, -0.2) is 4.79 Å². The van der Waals surface area contributed by atoms with Crippen LogP contribution in [0.3, 0.4) is 0 Å². The van der Waals surface area contributed by atoms with Gasteiger partial charge in [-0.1, -0.05) is 30.3 Å². The quantitative estimate of drug-likeness (QED) is 0.403. The fraction of sp³-hybridized carbons (Fsp3) is 0.0909. The highest BCUT2D eigenvalue weighted by molar-refractivity contribution is 8.00. The molecule has 3 aromatic rings. The zero-order valence-electron chi connectivity index (χ0n) is 16.1. The summed E-state index contributed by atoms with van der Waals surface area (Å²) in [5.41, 5.74) is 0.0498. The number of rotatable bonds is 6. The molecule has 3 aromatic carbocycles. The first-order valence-corrected chi connectivity index (χ1v) is 10.1. The van der Waals surface area contributed by atoms with Gasteiger partial charge in [-0.2, -0.15) is 13.2 Å². The Hall–Kier alpha value is -3.46. The van der Waals surface area contributed by atoms with Crippen molar-refractivity contribution in [3.05, 3.63) is 84.4 Å². The summed E-state index contributed by atoms with van der Waals surface area (Å²) >= 11 is 1.17. The molecule has 160 valence electrons. The van der Waals surface area contributed by atoms with Crippen molar-refractivity contribution in [2.75, 3.05) is 21.7 Å². The van der Waals surface area contributed by atoms with Crippen molar-refractivity contribution in [3.8, 4) is 0 Å². The minimum absolute atomic E-state index is 0.0620. The molecule has 0 atom stereocenters. The van der Waals surface area contributed by atoms with Crippen LogP contribution in [0.4, 0.5) is 35.0 Å². The SMILES string of the molecule is O=C(CSc1ccc(NC(=O)Nc2ccccc2)cc1)Nc1ccccc1C(F)(F)F. The topological polar surface area (TPSA) is 70.2 Å². The predicted molar refractivity (Wildman–Crippen MR) is 116 cm³/mol. The zero-order chi connectivity index (χ0) is 22.3. The molecule has 0 heterocycles. The second-order valence-corrected chi connectivity index (χ2v) is 7.40. The number of hydrogen-bond acceptors (Lipinski definition) is 3. The Morgan fingerprint density at radius 1 is 0.742 bits per heavy atom. The number of urea groups is 1. The average Bonchev–Trinajstić information content (AvgIpc) is 2.73. The van der Waals surface area contributed by atoms with Crippen LogP contribution in [0.25, 0.3) is 0 Å². The van der Waals surface area contributed by atoms with Crippen molar-refractivity contribution in [2.45, 2.75) is 11.1 Å². The Kier molecular flexibility index (Phi) is 7.19. The maximum absolute atomic E-state index is 13.0. The third kappa shape index (κ3) is 6.78. The normalized spacial score (nSPS) is 10.9. The molecule has 0 radical (unpaired) electrons. The lowest BCUT2D eigenvalue weighted by molar-refractivity contribution is -0.137. The van der Waals surface area contributed by atoms with Crippen LogP contribution in [0.2, 0.25) is 0 Å². The van der Waals surface area contributed by atoms with Crippen LogP contribution in [0.15, 0.2) is 83.8 Å². The number of para-hydroxylation sites is 2. The van der Waals surface area contributed by atoms with E-state index in [2.05, 4.69) is 16.0 Å². The third-order valence-corrected chi connectivity index (χ3v) is 5.03. The molecule has 3 N–H and O–H groups in total. The molecule has 0 unspecified atom stereocenters. The highest BCUT2D eigenvalue weighted by atomic mass is 32.2. The zero-order valence-corrected chi connectivity index (χ0v) is 16.9. The first-order valence-electron chi connectivity index (χ1n) is 9.13. The molecule has 0 saturated carbocycles. The molecule has 0 saturated heterocycles. The van der Waals surface area contributed by atoms with E-state index in [4.69, 9.17) is 0 Å². The summed E-state index contributed by atoms with van der Waals surface area (Å²) in [5, 5.41) is 7.69. The Balaban J connectivity index is 1.50. The number of carbonyl (C=O) groups excluding carboxylic acids is 2. The molecule has 3 amide bonds. The number of halogens is 3. The number of anilines is 3. The second-order valence-electron chi connectivity index (χ2n) is 6.35. The Morgan fingerprint density at radius 2 is 1.32 bits per heavy atom. The van der Waals surface area contributed by atoms with Crippen molar-refractivity contribution >= 4 is 40.8 Å². The average molecular weight is 445 g/mol. The maximum Gasteiger partial charge on any atom is 0.418 e. The van der Waals surface area contributed by atoms with E-state index < -0.39 is 23.7 Å². The van der Waals surface area contributed by atoms with Crippen molar-refractivity contribution in [1.29, 1.82) is 0 Å². The second kappa shape index (κ2) is 10.0. The number of amides is 3. The van der Waals surface area contributed by atoms with Gasteiger partial charge in [0, 0.05) is 16.3 Å². The first kappa shape index (κ1) is 22.2.